The molecule has 2 heteroatoms. The Morgan fingerprint density at radius 2 is 1.43 bits per heavy atom. The van der Waals surface area contributed by atoms with Crippen molar-refractivity contribution in [2.24, 2.45) is 11.3 Å². The highest BCUT2D eigenvalue weighted by Gasteiger charge is 2.56. The van der Waals surface area contributed by atoms with Gasteiger partial charge in [0, 0.05) is 17.0 Å². The molecule has 0 atom stereocenters. The van der Waals surface area contributed by atoms with Crippen LogP contribution in [-0.2, 0) is 15.1 Å². The number of ether oxygens (including phenoxy) is 1. The molecule has 0 bridgehead atoms. The minimum absolute atomic E-state index is 0.129. The van der Waals surface area contributed by atoms with Crippen LogP contribution in [0.4, 0.5) is 0 Å². The summed E-state index contributed by atoms with van der Waals surface area (Å²) in [6.07, 6.45) is 2.22. The van der Waals surface area contributed by atoms with Crippen LogP contribution in [0.5, 0.6) is 0 Å². The number of benzene rings is 2. The third-order valence-electron chi connectivity index (χ3n) is 4.96. The van der Waals surface area contributed by atoms with E-state index in [0.29, 0.717) is 5.92 Å². The summed E-state index contributed by atoms with van der Waals surface area (Å²) < 4.78 is 6.30. The van der Waals surface area contributed by atoms with E-state index in [2.05, 4.69) is 36.4 Å². The Balaban J connectivity index is 1.94. The molecular formula is C21H22O2. The highest BCUT2D eigenvalue weighted by Crippen LogP contribution is 2.60. The summed E-state index contributed by atoms with van der Waals surface area (Å²) in [6, 6.07) is 16.8. The van der Waals surface area contributed by atoms with Crippen LogP contribution < -0.4 is 0 Å². The van der Waals surface area contributed by atoms with E-state index >= 15 is 0 Å². The second-order valence-electron chi connectivity index (χ2n) is 7.74. The van der Waals surface area contributed by atoms with Crippen LogP contribution in [0.2, 0.25) is 0 Å². The topological polar surface area (TPSA) is 26.3 Å². The van der Waals surface area contributed by atoms with E-state index in [4.69, 9.17) is 4.74 Å². The fourth-order valence-corrected chi connectivity index (χ4v) is 3.65. The molecule has 0 aromatic heterocycles. The number of carbonyl (C=O) groups is 1. The zero-order chi connectivity index (χ0) is 16.2. The predicted molar refractivity (Wildman–Crippen MR) is 90.9 cm³/mol. The lowest BCUT2D eigenvalue weighted by Crippen LogP contribution is -2.38. The largest absolute Gasteiger partial charge is 0.448 e. The summed E-state index contributed by atoms with van der Waals surface area (Å²) in [7, 11) is 0. The zero-order valence-electron chi connectivity index (χ0n) is 13.9. The van der Waals surface area contributed by atoms with Gasteiger partial charge in [-0.1, -0.05) is 48.5 Å². The van der Waals surface area contributed by atoms with Crippen LogP contribution in [-0.4, -0.2) is 5.97 Å². The summed E-state index contributed by atoms with van der Waals surface area (Å²) in [4.78, 5) is 12.8. The molecule has 4 rings (SSSR count). The van der Waals surface area contributed by atoms with Crippen molar-refractivity contribution in [3.05, 3.63) is 59.7 Å². The van der Waals surface area contributed by atoms with E-state index in [-0.39, 0.29) is 5.97 Å². The monoisotopic (exact) mass is 306 g/mol. The van der Waals surface area contributed by atoms with Crippen LogP contribution in [0.3, 0.4) is 0 Å². The Kier molecular flexibility index (Phi) is 2.96. The van der Waals surface area contributed by atoms with Crippen molar-refractivity contribution < 1.29 is 9.53 Å². The van der Waals surface area contributed by atoms with E-state index in [9.17, 15) is 4.79 Å². The molecule has 0 amide bonds. The first kappa shape index (κ1) is 14.5. The second-order valence-corrected chi connectivity index (χ2v) is 7.74. The molecule has 2 aliphatic rings. The standard InChI is InChI=1S/C21H22O2/c1-20(2,3)19(22)23-21(14-12-13-14)17-10-6-4-8-15(17)16-9-5-7-11-18(16)21/h4-11,14H,12-13H2,1-3H3. The summed E-state index contributed by atoms with van der Waals surface area (Å²) >= 11 is 0. The second kappa shape index (κ2) is 4.70. The van der Waals surface area contributed by atoms with E-state index in [1.54, 1.807) is 0 Å². The molecule has 0 saturated heterocycles. The molecule has 2 aliphatic carbocycles. The maximum Gasteiger partial charge on any atom is 0.312 e. The Bertz CT molecular complexity index is 733. The van der Waals surface area contributed by atoms with Gasteiger partial charge in [0.15, 0.2) is 5.60 Å². The molecule has 2 nitrogen and oxygen atoms in total. The van der Waals surface area contributed by atoms with Crippen molar-refractivity contribution >= 4 is 5.97 Å². The Labute approximate surface area is 137 Å². The smallest absolute Gasteiger partial charge is 0.312 e. The number of hydrogen-bond acceptors (Lipinski definition) is 2. The minimum Gasteiger partial charge on any atom is -0.448 e. The first-order valence-corrected chi connectivity index (χ1v) is 8.37. The number of hydrogen-bond donors (Lipinski definition) is 0. The first-order valence-electron chi connectivity index (χ1n) is 8.37. The molecule has 0 unspecified atom stereocenters. The first-order chi connectivity index (χ1) is 10.9. The van der Waals surface area contributed by atoms with Crippen molar-refractivity contribution in [2.45, 2.75) is 39.2 Å². The predicted octanol–water partition coefficient (Wildman–Crippen LogP) is 4.91. The molecule has 0 heterocycles. The van der Waals surface area contributed by atoms with Gasteiger partial charge < -0.3 is 4.74 Å². The summed E-state index contributed by atoms with van der Waals surface area (Å²) in [5.41, 5.74) is 3.61. The molecule has 2 aromatic rings. The highest BCUT2D eigenvalue weighted by atomic mass is 16.6. The Hall–Kier alpha value is -2.09. The average molecular weight is 306 g/mol. The fourth-order valence-electron chi connectivity index (χ4n) is 3.65. The lowest BCUT2D eigenvalue weighted by atomic mass is 9.85. The van der Waals surface area contributed by atoms with Crippen molar-refractivity contribution in [2.75, 3.05) is 0 Å². The van der Waals surface area contributed by atoms with Gasteiger partial charge in [-0.15, -0.1) is 0 Å². The molecule has 118 valence electrons. The molecule has 0 spiro atoms. The minimum atomic E-state index is -0.600. The summed E-state index contributed by atoms with van der Waals surface area (Å²) in [5, 5.41) is 0. The molecular weight excluding hydrogens is 284 g/mol. The molecule has 1 fully saturated rings. The zero-order valence-corrected chi connectivity index (χ0v) is 13.9. The van der Waals surface area contributed by atoms with E-state index in [0.717, 1.165) is 24.0 Å². The Morgan fingerprint density at radius 3 is 1.87 bits per heavy atom. The molecule has 23 heavy (non-hydrogen) atoms. The molecule has 0 radical (unpaired) electrons. The molecule has 1 saturated carbocycles. The van der Waals surface area contributed by atoms with Crippen molar-refractivity contribution in [3.63, 3.8) is 0 Å². The van der Waals surface area contributed by atoms with Gasteiger partial charge >= 0.3 is 5.97 Å². The van der Waals surface area contributed by atoms with Gasteiger partial charge in [-0.25, -0.2) is 0 Å². The third kappa shape index (κ3) is 2.04. The maximum atomic E-state index is 12.8. The molecule has 0 aliphatic heterocycles. The molecule has 0 N–H and O–H groups in total. The van der Waals surface area contributed by atoms with Crippen LogP contribution in [0.1, 0.15) is 44.7 Å². The maximum absolute atomic E-state index is 12.8. The number of rotatable bonds is 2. The summed E-state index contributed by atoms with van der Waals surface area (Å²) in [6.45, 7) is 5.76. The lowest BCUT2D eigenvalue weighted by molar-refractivity contribution is -0.168. The van der Waals surface area contributed by atoms with Gasteiger partial charge in [-0.2, -0.15) is 0 Å². The van der Waals surface area contributed by atoms with E-state index < -0.39 is 11.0 Å². The van der Waals surface area contributed by atoms with Gasteiger partial charge in [0.2, 0.25) is 0 Å². The van der Waals surface area contributed by atoms with Gasteiger partial charge in [-0.05, 0) is 44.7 Å². The van der Waals surface area contributed by atoms with Crippen LogP contribution in [0, 0.1) is 11.3 Å². The average Bonchev–Trinajstić information content (AvgIpc) is 3.33. The summed E-state index contributed by atoms with van der Waals surface area (Å²) in [5.74, 6) is 0.259. The van der Waals surface area contributed by atoms with E-state index in [1.807, 2.05) is 32.9 Å². The van der Waals surface area contributed by atoms with Gasteiger partial charge in [-0.3, -0.25) is 4.79 Å². The Morgan fingerprint density at radius 1 is 0.957 bits per heavy atom. The number of carbonyl (C=O) groups excluding carboxylic acids is 1. The van der Waals surface area contributed by atoms with Gasteiger partial charge in [0.1, 0.15) is 0 Å². The van der Waals surface area contributed by atoms with Gasteiger partial charge in [0.05, 0.1) is 5.41 Å². The fraction of sp³-hybridized carbons (Fsp3) is 0.381. The highest BCUT2D eigenvalue weighted by molar-refractivity contribution is 5.84. The quantitative estimate of drug-likeness (QED) is 0.737. The normalized spacial score (nSPS) is 18.2. The van der Waals surface area contributed by atoms with Crippen LogP contribution in [0.25, 0.3) is 11.1 Å². The van der Waals surface area contributed by atoms with E-state index in [1.165, 1.54) is 11.1 Å². The van der Waals surface area contributed by atoms with Crippen molar-refractivity contribution in [1.29, 1.82) is 0 Å². The van der Waals surface area contributed by atoms with Crippen LogP contribution >= 0.6 is 0 Å². The van der Waals surface area contributed by atoms with Crippen molar-refractivity contribution in [1.82, 2.24) is 0 Å². The third-order valence-corrected chi connectivity index (χ3v) is 4.96. The van der Waals surface area contributed by atoms with Gasteiger partial charge in [0.25, 0.3) is 0 Å². The van der Waals surface area contributed by atoms with Crippen LogP contribution in [0.15, 0.2) is 48.5 Å². The number of esters is 1. The number of fused-ring (bicyclic) bond motifs is 3. The lowest BCUT2D eigenvalue weighted by Gasteiger charge is -2.34. The molecule has 2 aromatic carbocycles. The van der Waals surface area contributed by atoms with Crippen molar-refractivity contribution in [3.8, 4) is 11.1 Å². The SMILES string of the molecule is CC(C)(C)C(=O)OC1(C2CC2)c2ccccc2-c2ccccc21.